The van der Waals surface area contributed by atoms with Gasteiger partial charge in [-0.2, -0.15) is 0 Å². The van der Waals surface area contributed by atoms with Crippen LogP contribution in [0.2, 0.25) is 0 Å². The van der Waals surface area contributed by atoms with Crippen molar-refractivity contribution in [3.05, 3.63) is 92.1 Å². The van der Waals surface area contributed by atoms with Gasteiger partial charge in [-0.1, -0.05) is 36.4 Å². The van der Waals surface area contributed by atoms with Crippen LogP contribution >= 0.6 is 0 Å². The maximum Gasteiger partial charge on any atom is 0.360 e. The second-order valence-electron chi connectivity index (χ2n) is 5.19. The van der Waals surface area contributed by atoms with Crippen molar-refractivity contribution in [3.8, 4) is 11.4 Å². The SMILES string of the molecule is CC(=O)Nn1c(=O)n(-c2ccccc2)c(=O)n(-c2ccccc2)c1=O. The number of aromatic nitrogens is 3. The maximum absolute atomic E-state index is 12.8. The van der Waals surface area contributed by atoms with Crippen LogP contribution in [0.4, 0.5) is 0 Å². The van der Waals surface area contributed by atoms with E-state index in [0.29, 0.717) is 4.68 Å². The van der Waals surface area contributed by atoms with E-state index in [1.807, 2.05) is 0 Å². The minimum atomic E-state index is -0.955. The molecule has 126 valence electrons. The standard InChI is InChI=1S/C17H14N4O4/c1-12(22)18-21-16(24)19(13-8-4-2-5-9-13)15(23)20(17(21)25)14-10-6-3-7-11-14/h2-11H,1H3,(H,18,22). The second kappa shape index (κ2) is 6.44. The van der Waals surface area contributed by atoms with Gasteiger partial charge >= 0.3 is 17.1 Å². The van der Waals surface area contributed by atoms with Gasteiger partial charge in [-0.3, -0.25) is 10.2 Å². The van der Waals surface area contributed by atoms with Crippen molar-refractivity contribution in [1.82, 2.24) is 13.8 Å². The molecule has 0 aliphatic rings. The quantitative estimate of drug-likeness (QED) is 0.740. The fraction of sp³-hybridized carbons (Fsp3) is 0.0588. The third kappa shape index (κ3) is 2.92. The van der Waals surface area contributed by atoms with E-state index in [4.69, 9.17) is 0 Å². The molecular weight excluding hydrogens is 324 g/mol. The molecule has 1 aromatic heterocycles. The molecule has 8 heteroatoms. The van der Waals surface area contributed by atoms with E-state index < -0.39 is 23.0 Å². The summed E-state index contributed by atoms with van der Waals surface area (Å²) in [6.07, 6.45) is 0. The van der Waals surface area contributed by atoms with E-state index >= 15 is 0 Å². The van der Waals surface area contributed by atoms with Crippen molar-refractivity contribution in [2.45, 2.75) is 6.92 Å². The lowest BCUT2D eigenvalue weighted by Crippen LogP contribution is -2.56. The highest BCUT2D eigenvalue weighted by Crippen LogP contribution is 2.03. The van der Waals surface area contributed by atoms with Gasteiger partial charge in [-0.25, -0.2) is 23.5 Å². The molecule has 3 aromatic rings. The molecule has 3 rings (SSSR count). The molecule has 0 saturated heterocycles. The molecule has 0 aliphatic carbocycles. The molecule has 0 unspecified atom stereocenters. The van der Waals surface area contributed by atoms with Gasteiger partial charge in [0.1, 0.15) is 0 Å². The van der Waals surface area contributed by atoms with Crippen LogP contribution in [0.1, 0.15) is 6.92 Å². The molecule has 0 radical (unpaired) electrons. The number of carbonyl (C=O) groups is 1. The van der Waals surface area contributed by atoms with Crippen LogP contribution < -0.4 is 22.5 Å². The molecule has 1 N–H and O–H groups in total. The largest absolute Gasteiger partial charge is 0.360 e. The summed E-state index contributed by atoms with van der Waals surface area (Å²) in [5.41, 5.74) is -0.0160. The van der Waals surface area contributed by atoms with Crippen LogP contribution in [0.25, 0.3) is 11.4 Å². The lowest BCUT2D eigenvalue weighted by Gasteiger charge is -2.13. The summed E-state index contributed by atoms with van der Waals surface area (Å²) >= 11 is 0. The van der Waals surface area contributed by atoms with E-state index in [1.54, 1.807) is 60.7 Å². The minimum absolute atomic E-state index is 0.279. The Morgan fingerprint density at radius 2 is 1.12 bits per heavy atom. The Kier molecular flexibility index (Phi) is 4.17. The fourth-order valence-electron chi connectivity index (χ4n) is 2.39. The van der Waals surface area contributed by atoms with Crippen molar-refractivity contribution < 1.29 is 4.79 Å². The molecule has 0 spiro atoms. The van der Waals surface area contributed by atoms with E-state index in [9.17, 15) is 19.2 Å². The Balaban J connectivity index is 2.45. The first-order valence-electron chi connectivity index (χ1n) is 7.40. The smallest absolute Gasteiger partial charge is 0.274 e. The Morgan fingerprint density at radius 1 is 0.720 bits per heavy atom. The summed E-state index contributed by atoms with van der Waals surface area (Å²) in [7, 11) is 0. The summed E-state index contributed by atoms with van der Waals surface area (Å²) in [4.78, 5) is 49.5. The number of nitrogens with zero attached hydrogens (tertiary/aromatic N) is 3. The van der Waals surface area contributed by atoms with Gasteiger partial charge in [-0.15, -0.1) is 4.68 Å². The summed E-state index contributed by atoms with van der Waals surface area (Å²) in [6.45, 7) is 1.16. The van der Waals surface area contributed by atoms with Gasteiger partial charge in [0.2, 0.25) is 5.91 Å². The highest BCUT2D eigenvalue weighted by Gasteiger charge is 2.18. The average Bonchev–Trinajstić information content (AvgIpc) is 2.60. The van der Waals surface area contributed by atoms with Gasteiger partial charge in [0, 0.05) is 6.92 Å². The highest BCUT2D eigenvalue weighted by molar-refractivity contribution is 5.80. The number of amides is 1. The molecule has 0 fully saturated rings. The summed E-state index contributed by atoms with van der Waals surface area (Å²) < 4.78 is 2.17. The van der Waals surface area contributed by atoms with Gasteiger partial charge in [0.05, 0.1) is 11.4 Å². The lowest BCUT2D eigenvalue weighted by molar-refractivity contribution is -0.115. The van der Waals surface area contributed by atoms with Crippen LogP contribution in [0, 0.1) is 0 Å². The zero-order valence-electron chi connectivity index (χ0n) is 13.2. The number of rotatable bonds is 3. The number of benzene rings is 2. The van der Waals surface area contributed by atoms with Gasteiger partial charge < -0.3 is 0 Å². The zero-order chi connectivity index (χ0) is 18.0. The molecular formula is C17H14N4O4. The molecule has 1 heterocycles. The maximum atomic E-state index is 12.8. The predicted octanol–water partition coefficient (Wildman–Crippen LogP) is 0.240. The lowest BCUT2D eigenvalue weighted by atomic mass is 10.3. The van der Waals surface area contributed by atoms with E-state index in [2.05, 4.69) is 5.43 Å². The fourth-order valence-corrected chi connectivity index (χ4v) is 2.39. The minimum Gasteiger partial charge on any atom is -0.274 e. The Hall–Kier alpha value is -3.68. The topological polar surface area (TPSA) is 95.1 Å². The zero-order valence-corrected chi connectivity index (χ0v) is 13.2. The van der Waals surface area contributed by atoms with Crippen LogP contribution in [0.15, 0.2) is 75.0 Å². The van der Waals surface area contributed by atoms with Gasteiger partial charge in [0.15, 0.2) is 0 Å². The molecule has 25 heavy (non-hydrogen) atoms. The molecule has 0 saturated carbocycles. The molecule has 0 atom stereocenters. The molecule has 1 amide bonds. The normalized spacial score (nSPS) is 10.4. The third-order valence-corrected chi connectivity index (χ3v) is 3.45. The number of nitrogens with one attached hydrogen (secondary N) is 1. The predicted molar refractivity (Wildman–Crippen MR) is 91.9 cm³/mol. The van der Waals surface area contributed by atoms with Crippen molar-refractivity contribution in [2.24, 2.45) is 0 Å². The van der Waals surface area contributed by atoms with Crippen LogP contribution in [0.3, 0.4) is 0 Å². The average molecular weight is 338 g/mol. The van der Waals surface area contributed by atoms with Crippen LogP contribution in [-0.4, -0.2) is 19.7 Å². The summed E-state index contributed by atoms with van der Waals surface area (Å²) in [5, 5.41) is 0. The number of carbonyl (C=O) groups excluding carboxylic acids is 1. The van der Waals surface area contributed by atoms with Crippen LogP contribution in [-0.2, 0) is 4.79 Å². The number of para-hydroxylation sites is 2. The Labute approximate surface area is 141 Å². The van der Waals surface area contributed by atoms with Crippen molar-refractivity contribution in [3.63, 3.8) is 0 Å². The van der Waals surface area contributed by atoms with Crippen molar-refractivity contribution >= 4 is 5.91 Å². The number of hydrogen-bond acceptors (Lipinski definition) is 4. The van der Waals surface area contributed by atoms with Gasteiger partial charge in [-0.05, 0) is 24.3 Å². The summed E-state index contributed by atoms with van der Waals surface area (Å²) in [5.74, 6) is -0.614. The molecule has 8 nitrogen and oxygen atoms in total. The molecule has 2 aromatic carbocycles. The van der Waals surface area contributed by atoms with E-state index in [-0.39, 0.29) is 11.4 Å². The Morgan fingerprint density at radius 3 is 1.48 bits per heavy atom. The highest BCUT2D eigenvalue weighted by atomic mass is 16.2. The Bertz CT molecular complexity index is 1020. The molecule has 0 bridgehead atoms. The first-order valence-corrected chi connectivity index (χ1v) is 7.40. The third-order valence-electron chi connectivity index (χ3n) is 3.45. The van der Waals surface area contributed by atoms with E-state index in [0.717, 1.165) is 16.1 Å². The van der Waals surface area contributed by atoms with Gasteiger partial charge in [0.25, 0.3) is 0 Å². The first-order chi connectivity index (χ1) is 12.0. The first kappa shape index (κ1) is 16.2. The van der Waals surface area contributed by atoms with E-state index in [1.165, 1.54) is 0 Å². The monoisotopic (exact) mass is 338 g/mol. The van der Waals surface area contributed by atoms with Crippen molar-refractivity contribution in [2.75, 3.05) is 5.43 Å². The van der Waals surface area contributed by atoms with Crippen LogP contribution in [0.5, 0.6) is 0 Å². The number of hydrogen-bond donors (Lipinski definition) is 1. The summed E-state index contributed by atoms with van der Waals surface area (Å²) in [6, 6.07) is 16.3. The molecule has 0 aliphatic heterocycles. The second-order valence-corrected chi connectivity index (χ2v) is 5.19. The van der Waals surface area contributed by atoms with Crippen molar-refractivity contribution in [1.29, 1.82) is 0 Å².